The molecule has 2 rings (SSSR count). The van der Waals surface area contributed by atoms with Crippen LogP contribution in [0.2, 0.25) is 0 Å². The summed E-state index contributed by atoms with van der Waals surface area (Å²) in [5.41, 5.74) is 3.03. The maximum absolute atomic E-state index is 9.21. The van der Waals surface area contributed by atoms with E-state index >= 15 is 0 Å². The van der Waals surface area contributed by atoms with Gasteiger partial charge in [-0.3, -0.25) is 0 Å². The molecule has 2 aromatic rings. The van der Waals surface area contributed by atoms with Crippen LogP contribution in [0.15, 0.2) is 30.3 Å². The Kier molecular flexibility index (Phi) is 3.47. The van der Waals surface area contributed by atoms with E-state index < -0.39 is 0 Å². The van der Waals surface area contributed by atoms with Crippen LogP contribution in [0, 0.1) is 24.2 Å². The summed E-state index contributed by atoms with van der Waals surface area (Å²) in [6, 6.07) is 12.4. The molecule has 1 atom stereocenters. The molecule has 0 spiro atoms. The summed E-state index contributed by atoms with van der Waals surface area (Å²) in [4.78, 5) is 7.84. The number of benzene rings is 1. The van der Waals surface area contributed by atoms with Crippen molar-refractivity contribution in [1.82, 2.24) is 9.97 Å². The Morgan fingerprint density at radius 3 is 2.44 bits per heavy atom. The van der Waals surface area contributed by atoms with Gasteiger partial charge in [-0.25, -0.2) is 4.98 Å². The molecule has 18 heavy (non-hydrogen) atoms. The second kappa shape index (κ2) is 5.05. The Morgan fingerprint density at radius 1 is 1.22 bits per heavy atom. The van der Waals surface area contributed by atoms with E-state index in [2.05, 4.69) is 16.0 Å². The summed E-state index contributed by atoms with van der Waals surface area (Å²) in [5, 5.41) is 9.21. The lowest BCUT2D eigenvalue weighted by atomic mass is 9.97. The van der Waals surface area contributed by atoms with Gasteiger partial charge < -0.3 is 4.98 Å². The smallest absolute Gasteiger partial charge is 0.124 e. The number of rotatable bonds is 3. The van der Waals surface area contributed by atoms with Crippen LogP contribution >= 0.6 is 0 Å². The van der Waals surface area contributed by atoms with E-state index in [0.29, 0.717) is 0 Å². The number of hydrogen-bond acceptors (Lipinski definition) is 2. The van der Waals surface area contributed by atoms with Crippen molar-refractivity contribution in [3.8, 4) is 17.3 Å². The molecule has 1 N–H and O–H groups in total. The van der Waals surface area contributed by atoms with Crippen LogP contribution in [0.5, 0.6) is 0 Å². The predicted molar refractivity (Wildman–Crippen MR) is 72.0 cm³/mol. The van der Waals surface area contributed by atoms with E-state index in [9.17, 15) is 5.26 Å². The first-order chi connectivity index (χ1) is 8.63. The van der Waals surface area contributed by atoms with Gasteiger partial charge in [0, 0.05) is 11.3 Å². The number of aromatic amines is 1. The third kappa shape index (κ3) is 2.28. The lowest BCUT2D eigenvalue weighted by molar-refractivity contribution is 0.565. The van der Waals surface area contributed by atoms with Crippen LogP contribution < -0.4 is 0 Å². The van der Waals surface area contributed by atoms with Crippen molar-refractivity contribution in [2.24, 2.45) is 5.92 Å². The fraction of sp³-hybridized carbons (Fsp3) is 0.333. The molecule has 0 aliphatic carbocycles. The van der Waals surface area contributed by atoms with Crippen LogP contribution in [-0.4, -0.2) is 9.97 Å². The zero-order valence-electron chi connectivity index (χ0n) is 10.9. The van der Waals surface area contributed by atoms with Crippen LogP contribution in [-0.2, 0) is 0 Å². The monoisotopic (exact) mass is 239 g/mol. The first kappa shape index (κ1) is 12.4. The van der Waals surface area contributed by atoms with Crippen molar-refractivity contribution in [3.63, 3.8) is 0 Å². The van der Waals surface area contributed by atoms with Gasteiger partial charge >= 0.3 is 0 Å². The van der Waals surface area contributed by atoms with Gasteiger partial charge in [-0.2, -0.15) is 5.26 Å². The van der Waals surface area contributed by atoms with E-state index in [1.165, 1.54) is 0 Å². The van der Waals surface area contributed by atoms with E-state index in [1.54, 1.807) is 0 Å². The van der Waals surface area contributed by atoms with Gasteiger partial charge in [-0.15, -0.1) is 0 Å². The quantitative estimate of drug-likeness (QED) is 0.888. The van der Waals surface area contributed by atoms with Crippen LogP contribution in [0.25, 0.3) is 11.3 Å². The Balaban J connectivity index is 2.42. The zero-order valence-corrected chi connectivity index (χ0v) is 10.9. The van der Waals surface area contributed by atoms with E-state index in [1.807, 2.05) is 51.1 Å². The molecule has 0 radical (unpaired) electrons. The molecule has 0 fully saturated rings. The minimum atomic E-state index is -0.179. The summed E-state index contributed by atoms with van der Waals surface area (Å²) >= 11 is 0. The fourth-order valence-corrected chi connectivity index (χ4v) is 2.03. The van der Waals surface area contributed by atoms with Gasteiger partial charge in [0.1, 0.15) is 11.7 Å². The van der Waals surface area contributed by atoms with Crippen LogP contribution in [0.4, 0.5) is 0 Å². The molecule has 1 aromatic heterocycles. The fourth-order valence-electron chi connectivity index (χ4n) is 2.03. The Labute approximate surface area is 107 Å². The first-order valence-electron chi connectivity index (χ1n) is 6.15. The van der Waals surface area contributed by atoms with Crippen LogP contribution in [0.3, 0.4) is 0 Å². The topological polar surface area (TPSA) is 52.5 Å². The van der Waals surface area contributed by atoms with Crippen molar-refractivity contribution in [1.29, 1.82) is 5.26 Å². The minimum Gasteiger partial charge on any atom is -0.344 e. The van der Waals surface area contributed by atoms with Gasteiger partial charge in [-0.05, 0) is 12.8 Å². The molecule has 92 valence electrons. The molecule has 0 saturated heterocycles. The number of nitrogens with zero attached hydrogens (tertiary/aromatic N) is 2. The van der Waals surface area contributed by atoms with Crippen LogP contribution in [0.1, 0.15) is 31.3 Å². The largest absolute Gasteiger partial charge is 0.344 e. The van der Waals surface area contributed by atoms with E-state index in [0.717, 1.165) is 22.8 Å². The highest BCUT2D eigenvalue weighted by atomic mass is 14.9. The first-order valence-corrected chi connectivity index (χ1v) is 6.15. The molecule has 0 aliphatic heterocycles. The van der Waals surface area contributed by atoms with E-state index in [4.69, 9.17) is 0 Å². The number of nitrogens with one attached hydrogen (secondary N) is 1. The lowest BCUT2D eigenvalue weighted by Crippen LogP contribution is -2.06. The average molecular weight is 239 g/mol. The molecule has 0 saturated carbocycles. The number of aryl methyl sites for hydroxylation is 1. The third-order valence-corrected chi connectivity index (χ3v) is 3.05. The molecule has 1 heterocycles. The van der Waals surface area contributed by atoms with Crippen molar-refractivity contribution in [2.45, 2.75) is 26.7 Å². The summed E-state index contributed by atoms with van der Waals surface area (Å²) < 4.78 is 0. The normalized spacial score (nSPS) is 12.4. The Bertz CT molecular complexity index is 561. The maximum atomic E-state index is 9.21. The Hall–Kier alpha value is -2.08. The van der Waals surface area contributed by atoms with Gasteiger partial charge in [0.25, 0.3) is 0 Å². The highest BCUT2D eigenvalue weighted by Gasteiger charge is 2.20. The second-order valence-corrected chi connectivity index (χ2v) is 4.81. The number of hydrogen-bond donors (Lipinski definition) is 1. The summed E-state index contributed by atoms with van der Waals surface area (Å²) in [6.07, 6.45) is 0. The lowest BCUT2D eigenvalue weighted by Gasteiger charge is -2.08. The van der Waals surface area contributed by atoms with Gasteiger partial charge in [0.05, 0.1) is 11.8 Å². The summed E-state index contributed by atoms with van der Waals surface area (Å²) in [5.74, 6) is 0.842. The van der Waals surface area contributed by atoms with Crippen molar-refractivity contribution < 1.29 is 0 Å². The number of nitriles is 1. The average Bonchev–Trinajstić information content (AvgIpc) is 2.73. The zero-order chi connectivity index (χ0) is 13.1. The molecule has 3 nitrogen and oxygen atoms in total. The van der Waals surface area contributed by atoms with Gasteiger partial charge in [-0.1, -0.05) is 44.2 Å². The minimum absolute atomic E-state index is 0.179. The SMILES string of the molecule is Cc1[nH]c(C(C#N)C(C)C)nc1-c1ccccc1. The molecule has 0 bridgehead atoms. The molecule has 1 unspecified atom stereocenters. The highest BCUT2D eigenvalue weighted by Crippen LogP contribution is 2.26. The molecular formula is C15H17N3. The predicted octanol–water partition coefficient (Wildman–Crippen LogP) is 3.65. The van der Waals surface area contributed by atoms with Gasteiger partial charge in [0.15, 0.2) is 0 Å². The second-order valence-electron chi connectivity index (χ2n) is 4.81. The molecule has 0 amide bonds. The molecule has 1 aromatic carbocycles. The summed E-state index contributed by atoms with van der Waals surface area (Å²) in [6.45, 7) is 6.06. The summed E-state index contributed by atoms with van der Waals surface area (Å²) in [7, 11) is 0. The highest BCUT2D eigenvalue weighted by molar-refractivity contribution is 5.61. The molecular weight excluding hydrogens is 222 g/mol. The Morgan fingerprint density at radius 2 is 1.89 bits per heavy atom. The van der Waals surface area contributed by atoms with Crippen molar-refractivity contribution >= 4 is 0 Å². The molecule has 3 heteroatoms. The number of imidazole rings is 1. The van der Waals surface area contributed by atoms with Crippen molar-refractivity contribution in [2.75, 3.05) is 0 Å². The number of aromatic nitrogens is 2. The maximum Gasteiger partial charge on any atom is 0.124 e. The third-order valence-electron chi connectivity index (χ3n) is 3.05. The van der Waals surface area contributed by atoms with E-state index in [-0.39, 0.29) is 11.8 Å². The standard InChI is InChI=1S/C15H17N3/c1-10(2)13(9-16)15-17-11(3)14(18-15)12-7-5-4-6-8-12/h4-8,10,13H,1-3H3,(H,17,18). The van der Waals surface area contributed by atoms with Gasteiger partial charge in [0.2, 0.25) is 0 Å². The molecule has 0 aliphatic rings. The number of H-pyrrole nitrogens is 1. The van der Waals surface area contributed by atoms with Crippen molar-refractivity contribution in [3.05, 3.63) is 41.9 Å².